The van der Waals surface area contributed by atoms with Crippen LogP contribution in [0.25, 0.3) is 0 Å². The molecule has 136 valence electrons. The second kappa shape index (κ2) is 9.07. The van der Waals surface area contributed by atoms with Gasteiger partial charge in [0, 0.05) is 24.8 Å². The second-order valence-corrected chi connectivity index (χ2v) is 6.05. The summed E-state index contributed by atoms with van der Waals surface area (Å²) < 4.78 is 5.34. The van der Waals surface area contributed by atoms with E-state index in [0.29, 0.717) is 24.0 Å². The molecule has 1 aliphatic heterocycles. The Kier molecular flexibility index (Phi) is 6.29. The van der Waals surface area contributed by atoms with Gasteiger partial charge < -0.3 is 15.0 Å². The Morgan fingerprint density at radius 2 is 1.92 bits per heavy atom. The Hall–Kier alpha value is -2.78. The minimum absolute atomic E-state index is 0.126. The van der Waals surface area contributed by atoms with E-state index >= 15 is 0 Å². The van der Waals surface area contributed by atoms with Crippen molar-refractivity contribution in [1.29, 1.82) is 0 Å². The number of benzene rings is 1. The normalized spacial score (nSPS) is 13.8. The van der Waals surface area contributed by atoms with Crippen molar-refractivity contribution in [2.75, 3.05) is 36.5 Å². The molecule has 1 fully saturated rings. The van der Waals surface area contributed by atoms with Crippen LogP contribution >= 0.6 is 12.2 Å². The average Bonchev–Trinajstić information content (AvgIpc) is 2.68. The first-order valence-corrected chi connectivity index (χ1v) is 8.66. The van der Waals surface area contributed by atoms with Gasteiger partial charge in [-0.2, -0.15) is 0 Å². The Bertz CT molecular complexity index is 752. The first-order chi connectivity index (χ1) is 12.7. The fraction of sp³-hybridized carbons (Fsp3) is 0.294. The molecule has 2 heterocycles. The summed E-state index contributed by atoms with van der Waals surface area (Å²) in [7, 11) is 0. The molecule has 0 spiro atoms. The van der Waals surface area contributed by atoms with Gasteiger partial charge in [0.25, 0.3) is 0 Å². The summed E-state index contributed by atoms with van der Waals surface area (Å²) >= 11 is 5.14. The molecule has 0 bridgehead atoms. The third-order valence-electron chi connectivity index (χ3n) is 3.73. The van der Waals surface area contributed by atoms with E-state index in [2.05, 4.69) is 31.0 Å². The molecule has 1 aliphatic rings. The molecule has 0 unspecified atom stereocenters. The van der Waals surface area contributed by atoms with Gasteiger partial charge in [0.15, 0.2) is 5.11 Å². The van der Waals surface area contributed by atoms with E-state index in [9.17, 15) is 4.79 Å². The number of hydrazine groups is 1. The Morgan fingerprint density at radius 3 is 2.69 bits per heavy atom. The van der Waals surface area contributed by atoms with E-state index in [1.807, 2.05) is 36.4 Å². The molecule has 2 aromatic rings. The van der Waals surface area contributed by atoms with E-state index in [0.717, 1.165) is 24.6 Å². The van der Waals surface area contributed by atoms with Crippen LogP contribution in [0.3, 0.4) is 0 Å². The molecule has 3 rings (SSSR count). The van der Waals surface area contributed by atoms with Crippen LogP contribution in [-0.2, 0) is 16.0 Å². The minimum Gasteiger partial charge on any atom is -0.378 e. The number of rotatable bonds is 4. The molecular formula is C17H20N6O2S. The van der Waals surface area contributed by atoms with Crippen LogP contribution in [0, 0.1) is 0 Å². The molecule has 26 heavy (non-hydrogen) atoms. The van der Waals surface area contributed by atoms with Crippen molar-refractivity contribution in [3.63, 3.8) is 0 Å². The zero-order chi connectivity index (χ0) is 18.2. The predicted octanol–water partition coefficient (Wildman–Crippen LogP) is 0.874. The molecular weight excluding hydrogens is 352 g/mol. The smallest absolute Gasteiger partial charge is 0.244 e. The highest BCUT2D eigenvalue weighted by Crippen LogP contribution is 2.13. The Balaban J connectivity index is 1.48. The van der Waals surface area contributed by atoms with Crippen LogP contribution in [0.5, 0.6) is 0 Å². The lowest BCUT2D eigenvalue weighted by Gasteiger charge is -2.27. The lowest BCUT2D eigenvalue weighted by Crippen LogP contribution is -2.44. The Morgan fingerprint density at radius 1 is 1.15 bits per heavy atom. The molecule has 0 aliphatic carbocycles. The van der Waals surface area contributed by atoms with Crippen molar-refractivity contribution in [3.05, 3.63) is 48.4 Å². The molecule has 1 aromatic heterocycles. The monoisotopic (exact) mass is 372 g/mol. The van der Waals surface area contributed by atoms with Crippen LogP contribution in [0.2, 0.25) is 0 Å². The van der Waals surface area contributed by atoms with E-state index in [4.69, 9.17) is 17.0 Å². The summed E-state index contributed by atoms with van der Waals surface area (Å²) in [5.74, 6) is 0.564. The predicted molar refractivity (Wildman–Crippen MR) is 103 cm³/mol. The van der Waals surface area contributed by atoms with Gasteiger partial charge in [-0.1, -0.05) is 18.2 Å². The van der Waals surface area contributed by atoms with Gasteiger partial charge in [-0.3, -0.25) is 15.6 Å². The standard InChI is InChI=1S/C17H20N6O2S/c24-16(21-22-17(26)20-13-4-2-1-3-5-13)11-14-10-15(19-12-18-14)23-6-8-25-9-7-23/h1-5,10,12H,6-9,11H2,(H,21,24)(H2,20,22,26). The number of aromatic nitrogens is 2. The van der Waals surface area contributed by atoms with Gasteiger partial charge in [-0.25, -0.2) is 9.97 Å². The highest BCUT2D eigenvalue weighted by Gasteiger charge is 2.14. The van der Waals surface area contributed by atoms with Crippen molar-refractivity contribution in [2.24, 2.45) is 0 Å². The molecule has 9 heteroatoms. The lowest BCUT2D eigenvalue weighted by molar-refractivity contribution is -0.121. The molecule has 1 amide bonds. The number of hydrogen-bond acceptors (Lipinski definition) is 6. The zero-order valence-corrected chi connectivity index (χ0v) is 15.0. The zero-order valence-electron chi connectivity index (χ0n) is 14.1. The maximum Gasteiger partial charge on any atom is 0.244 e. The van der Waals surface area contributed by atoms with Crippen LogP contribution in [-0.4, -0.2) is 47.3 Å². The number of thiocarbonyl (C=S) groups is 1. The first kappa shape index (κ1) is 18.0. The third kappa shape index (κ3) is 5.36. The van der Waals surface area contributed by atoms with Gasteiger partial charge in [0.2, 0.25) is 5.91 Å². The van der Waals surface area contributed by atoms with Gasteiger partial charge in [-0.05, 0) is 24.4 Å². The van der Waals surface area contributed by atoms with Crippen LogP contribution in [0.15, 0.2) is 42.7 Å². The quantitative estimate of drug-likeness (QED) is 0.538. The van der Waals surface area contributed by atoms with Crippen molar-refractivity contribution < 1.29 is 9.53 Å². The fourth-order valence-corrected chi connectivity index (χ4v) is 2.64. The van der Waals surface area contributed by atoms with Crippen molar-refractivity contribution in [2.45, 2.75) is 6.42 Å². The number of anilines is 2. The summed E-state index contributed by atoms with van der Waals surface area (Å²) in [6, 6.07) is 11.3. The van der Waals surface area contributed by atoms with Crippen molar-refractivity contribution in [3.8, 4) is 0 Å². The largest absolute Gasteiger partial charge is 0.378 e. The van der Waals surface area contributed by atoms with Gasteiger partial charge in [-0.15, -0.1) is 0 Å². The molecule has 8 nitrogen and oxygen atoms in total. The van der Waals surface area contributed by atoms with Crippen LogP contribution in [0.4, 0.5) is 11.5 Å². The highest BCUT2D eigenvalue weighted by atomic mass is 32.1. The molecule has 0 radical (unpaired) electrons. The Labute approximate surface area is 156 Å². The fourth-order valence-electron chi connectivity index (χ4n) is 2.47. The number of morpholine rings is 1. The molecule has 1 saturated heterocycles. The van der Waals surface area contributed by atoms with E-state index < -0.39 is 0 Å². The molecule has 0 atom stereocenters. The number of nitrogens with one attached hydrogen (secondary N) is 3. The molecule has 0 saturated carbocycles. The number of para-hydroxylation sites is 1. The van der Waals surface area contributed by atoms with E-state index in [-0.39, 0.29) is 12.3 Å². The lowest BCUT2D eigenvalue weighted by atomic mass is 10.2. The maximum absolute atomic E-state index is 12.1. The number of hydrogen-bond donors (Lipinski definition) is 3. The third-order valence-corrected chi connectivity index (χ3v) is 3.94. The summed E-state index contributed by atoms with van der Waals surface area (Å²) in [6.07, 6.45) is 1.60. The summed E-state index contributed by atoms with van der Waals surface area (Å²) in [4.78, 5) is 22.7. The van der Waals surface area contributed by atoms with E-state index in [1.165, 1.54) is 6.33 Å². The number of carbonyl (C=O) groups excluding carboxylic acids is 1. The van der Waals surface area contributed by atoms with Crippen LogP contribution in [0.1, 0.15) is 5.69 Å². The topological polar surface area (TPSA) is 91.4 Å². The summed E-state index contributed by atoms with van der Waals surface area (Å²) in [5.41, 5.74) is 6.72. The van der Waals surface area contributed by atoms with Crippen molar-refractivity contribution >= 4 is 34.7 Å². The number of carbonyl (C=O) groups is 1. The molecule has 3 N–H and O–H groups in total. The van der Waals surface area contributed by atoms with Crippen LogP contribution < -0.4 is 21.1 Å². The number of ether oxygens (including phenoxy) is 1. The van der Waals surface area contributed by atoms with Crippen molar-refractivity contribution in [1.82, 2.24) is 20.8 Å². The maximum atomic E-state index is 12.1. The number of nitrogens with zero attached hydrogens (tertiary/aromatic N) is 3. The summed E-state index contributed by atoms with van der Waals surface area (Å²) in [6.45, 7) is 2.92. The first-order valence-electron chi connectivity index (χ1n) is 8.25. The minimum atomic E-state index is -0.242. The highest BCUT2D eigenvalue weighted by molar-refractivity contribution is 7.80. The van der Waals surface area contributed by atoms with Gasteiger partial charge >= 0.3 is 0 Å². The van der Waals surface area contributed by atoms with E-state index in [1.54, 1.807) is 0 Å². The average molecular weight is 372 g/mol. The van der Waals surface area contributed by atoms with Gasteiger partial charge in [0.1, 0.15) is 12.1 Å². The summed E-state index contributed by atoms with van der Waals surface area (Å²) in [5, 5.41) is 3.28. The SMILES string of the molecule is O=C(Cc1cc(N2CCOCC2)ncn1)NNC(=S)Nc1ccccc1. The molecule has 1 aromatic carbocycles. The number of amides is 1. The second-order valence-electron chi connectivity index (χ2n) is 5.64. The van der Waals surface area contributed by atoms with Gasteiger partial charge in [0.05, 0.1) is 25.3 Å².